The molecule has 1 aliphatic rings. The Hall–Kier alpha value is -1.26. The maximum atomic E-state index is 12.1. The van der Waals surface area contributed by atoms with E-state index in [0.717, 1.165) is 6.42 Å². The smallest absolute Gasteiger partial charge is 0.228 e. The minimum atomic E-state index is -0.292. The first-order chi connectivity index (χ1) is 9.54. The molecular weight excluding hydrogens is 299 g/mol. The zero-order chi connectivity index (χ0) is 14.7. The summed E-state index contributed by atoms with van der Waals surface area (Å²) in [6, 6.07) is 5.02. The number of halogens is 2. The molecule has 0 bridgehead atoms. The van der Waals surface area contributed by atoms with Crippen LogP contribution in [0.1, 0.15) is 19.8 Å². The van der Waals surface area contributed by atoms with E-state index < -0.39 is 0 Å². The van der Waals surface area contributed by atoms with Crippen molar-refractivity contribution in [2.24, 2.45) is 11.8 Å². The highest BCUT2D eigenvalue weighted by Crippen LogP contribution is 2.40. The summed E-state index contributed by atoms with van der Waals surface area (Å²) in [7, 11) is 0. The number of amides is 2. The molecule has 0 spiro atoms. The average Bonchev–Trinajstić information content (AvgIpc) is 3.20. The predicted octanol–water partition coefficient (Wildman–Crippen LogP) is 3.09. The first-order valence-corrected chi connectivity index (χ1v) is 7.32. The van der Waals surface area contributed by atoms with Crippen LogP contribution in [0.4, 0.5) is 5.69 Å². The number of benzene rings is 1. The van der Waals surface area contributed by atoms with Crippen LogP contribution in [0.15, 0.2) is 18.2 Å². The Labute approximate surface area is 127 Å². The highest BCUT2D eigenvalue weighted by atomic mass is 35.5. The average molecular weight is 315 g/mol. The van der Waals surface area contributed by atoms with E-state index in [-0.39, 0.29) is 23.7 Å². The van der Waals surface area contributed by atoms with Gasteiger partial charge in [-0.15, -0.1) is 0 Å². The van der Waals surface area contributed by atoms with Crippen molar-refractivity contribution in [2.75, 3.05) is 11.9 Å². The molecule has 1 fully saturated rings. The van der Waals surface area contributed by atoms with Crippen LogP contribution < -0.4 is 10.6 Å². The molecule has 0 radical (unpaired) electrons. The molecule has 0 heterocycles. The van der Waals surface area contributed by atoms with Gasteiger partial charge in [0.2, 0.25) is 11.8 Å². The summed E-state index contributed by atoms with van der Waals surface area (Å²) in [6.45, 7) is 2.62. The summed E-state index contributed by atoms with van der Waals surface area (Å²) in [6.07, 6.45) is 1.45. The summed E-state index contributed by atoms with van der Waals surface area (Å²) >= 11 is 12.0. The van der Waals surface area contributed by atoms with E-state index >= 15 is 0 Å². The second-order valence-corrected chi connectivity index (χ2v) is 5.64. The van der Waals surface area contributed by atoms with E-state index in [9.17, 15) is 9.59 Å². The lowest BCUT2D eigenvalue weighted by Crippen LogP contribution is -2.28. The van der Waals surface area contributed by atoms with E-state index in [1.54, 1.807) is 18.2 Å². The van der Waals surface area contributed by atoms with Crippen LogP contribution in [-0.4, -0.2) is 18.4 Å². The SMILES string of the molecule is CCCNC(=O)C1CC1C(=O)Nc1c(Cl)cccc1Cl. The molecule has 1 aromatic carbocycles. The standard InChI is InChI=1S/C14H16Cl2N2O2/c1-2-6-17-13(19)8-7-9(8)14(20)18-12-10(15)4-3-5-11(12)16/h3-5,8-9H,2,6-7H2,1H3,(H,17,19)(H,18,20). The Morgan fingerprint density at radius 3 is 2.40 bits per heavy atom. The molecule has 2 atom stereocenters. The van der Waals surface area contributed by atoms with Crippen molar-refractivity contribution in [3.8, 4) is 0 Å². The normalized spacial score (nSPS) is 20.4. The number of carbonyl (C=O) groups excluding carboxylic acids is 2. The summed E-state index contributed by atoms with van der Waals surface area (Å²) in [5, 5.41) is 6.27. The molecule has 0 aromatic heterocycles. The largest absolute Gasteiger partial charge is 0.356 e. The number of anilines is 1. The monoisotopic (exact) mass is 314 g/mol. The fourth-order valence-corrected chi connectivity index (χ4v) is 2.48. The molecule has 2 N–H and O–H groups in total. The lowest BCUT2D eigenvalue weighted by atomic mass is 10.2. The van der Waals surface area contributed by atoms with Crippen molar-refractivity contribution in [3.63, 3.8) is 0 Å². The van der Waals surface area contributed by atoms with Gasteiger partial charge in [-0.2, -0.15) is 0 Å². The third-order valence-corrected chi connectivity index (χ3v) is 3.85. The van der Waals surface area contributed by atoms with Crippen molar-refractivity contribution in [1.29, 1.82) is 0 Å². The highest BCUT2D eigenvalue weighted by molar-refractivity contribution is 6.39. The number of rotatable bonds is 5. The van der Waals surface area contributed by atoms with Gasteiger partial charge in [0.1, 0.15) is 0 Å². The Balaban J connectivity index is 1.93. The molecule has 0 aliphatic heterocycles. The molecule has 108 valence electrons. The number of para-hydroxylation sites is 1. The molecule has 1 aromatic rings. The molecule has 6 heteroatoms. The van der Waals surface area contributed by atoms with Gasteiger partial charge in [-0.1, -0.05) is 36.2 Å². The molecule has 2 amide bonds. The van der Waals surface area contributed by atoms with Crippen LogP contribution in [-0.2, 0) is 9.59 Å². The molecular formula is C14H16Cl2N2O2. The minimum Gasteiger partial charge on any atom is -0.356 e. The van der Waals surface area contributed by atoms with Crippen LogP contribution in [0.5, 0.6) is 0 Å². The van der Waals surface area contributed by atoms with Crippen LogP contribution in [0, 0.1) is 11.8 Å². The Morgan fingerprint density at radius 1 is 1.20 bits per heavy atom. The fraction of sp³-hybridized carbons (Fsp3) is 0.429. The predicted molar refractivity (Wildman–Crippen MR) is 80.0 cm³/mol. The topological polar surface area (TPSA) is 58.2 Å². The summed E-state index contributed by atoms with van der Waals surface area (Å²) in [5.74, 6) is -0.795. The van der Waals surface area contributed by atoms with Gasteiger partial charge < -0.3 is 10.6 Å². The quantitative estimate of drug-likeness (QED) is 0.877. The fourth-order valence-electron chi connectivity index (χ4n) is 1.99. The van der Waals surface area contributed by atoms with Crippen LogP contribution >= 0.6 is 23.2 Å². The Kier molecular flexibility index (Phi) is 4.89. The zero-order valence-corrected chi connectivity index (χ0v) is 12.6. The zero-order valence-electron chi connectivity index (χ0n) is 11.1. The van der Waals surface area contributed by atoms with Crippen molar-refractivity contribution in [2.45, 2.75) is 19.8 Å². The maximum Gasteiger partial charge on any atom is 0.228 e. The van der Waals surface area contributed by atoms with E-state index in [1.807, 2.05) is 6.92 Å². The summed E-state index contributed by atoms with van der Waals surface area (Å²) < 4.78 is 0. The van der Waals surface area contributed by atoms with E-state index in [4.69, 9.17) is 23.2 Å². The van der Waals surface area contributed by atoms with Crippen LogP contribution in [0.3, 0.4) is 0 Å². The van der Waals surface area contributed by atoms with E-state index in [1.165, 1.54) is 0 Å². The number of hydrogen-bond acceptors (Lipinski definition) is 2. The van der Waals surface area contributed by atoms with Crippen molar-refractivity contribution in [1.82, 2.24) is 5.32 Å². The molecule has 2 unspecified atom stereocenters. The number of nitrogens with one attached hydrogen (secondary N) is 2. The van der Waals surface area contributed by atoms with Crippen LogP contribution in [0.25, 0.3) is 0 Å². The second-order valence-electron chi connectivity index (χ2n) is 4.83. The Morgan fingerprint density at radius 2 is 1.80 bits per heavy atom. The van der Waals surface area contributed by atoms with Gasteiger partial charge in [0, 0.05) is 6.54 Å². The third-order valence-electron chi connectivity index (χ3n) is 3.22. The molecule has 0 saturated heterocycles. The van der Waals surface area contributed by atoms with Gasteiger partial charge in [0.05, 0.1) is 27.6 Å². The second kappa shape index (κ2) is 6.46. The Bertz CT molecular complexity index is 514. The summed E-state index contributed by atoms with van der Waals surface area (Å²) in [5.41, 5.74) is 0.403. The van der Waals surface area contributed by atoms with Gasteiger partial charge in [-0.25, -0.2) is 0 Å². The molecule has 4 nitrogen and oxygen atoms in total. The number of hydrogen-bond donors (Lipinski definition) is 2. The van der Waals surface area contributed by atoms with Gasteiger partial charge in [-0.05, 0) is 25.0 Å². The first-order valence-electron chi connectivity index (χ1n) is 6.57. The summed E-state index contributed by atoms with van der Waals surface area (Å²) in [4.78, 5) is 23.8. The van der Waals surface area contributed by atoms with Crippen LogP contribution in [0.2, 0.25) is 10.0 Å². The van der Waals surface area contributed by atoms with E-state index in [2.05, 4.69) is 10.6 Å². The molecule has 2 rings (SSSR count). The van der Waals surface area contributed by atoms with Crippen molar-refractivity contribution >= 4 is 40.7 Å². The lowest BCUT2D eigenvalue weighted by molar-refractivity contribution is -0.125. The van der Waals surface area contributed by atoms with Gasteiger partial charge >= 0.3 is 0 Å². The van der Waals surface area contributed by atoms with E-state index in [0.29, 0.717) is 28.7 Å². The molecule has 1 aliphatic carbocycles. The molecule has 20 heavy (non-hydrogen) atoms. The lowest BCUT2D eigenvalue weighted by Gasteiger charge is -2.09. The van der Waals surface area contributed by atoms with Gasteiger partial charge in [0.25, 0.3) is 0 Å². The van der Waals surface area contributed by atoms with Crippen molar-refractivity contribution < 1.29 is 9.59 Å². The van der Waals surface area contributed by atoms with Crippen molar-refractivity contribution in [3.05, 3.63) is 28.2 Å². The minimum absolute atomic E-state index is 0.0581. The first kappa shape index (κ1) is 15.1. The van der Waals surface area contributed by atoms with Gasteiger partial charge in [0.15, 0.2) is 0 Å². The highest BCUT2D eigenvalue weighted by Gasteiger charge is 2.48. The third kappa shape index (κ3) is 3.44. The maximum absolute atomic E-state index is 12.1. The molecule has 1 saturated carbocycles. The van der Waals surface area contributed by atoms with Gasteiger partial charge in [-0.3, -0.25) is 9.59 Å². The number of carbonyl (C=O) groups is 2.